The second kappa shape index (κ2) is 4.35. The summed E-state index contributed by atoms with van der Waals surface area (Å²) >= 11 is 6.83. The Morgan fingerprint density at radius 2 is 2.21 bits per heavy atom. The highest BCUT2D eigenvalue weighted by atomic mass is 127. The highest BCUT2D eigenvalue weighted by molar-refractivity contribution is 14.1. The van der Waals surface area contributed by atoms with Gasteiger partial charge in [0.1, 0.15) is 9.39 Å². The standard InChI is InChI=1S/C7H4ClF2IN2O/c8-6(14)5-4(12)2(7(9)10)1-3(11)13-5/h1,7H,12H2. The maximum absolute atomic E-state index is 12.4. The van der Waals surface area contributed by atoms with Gasteiger partial charge in [-0.1, -0.05) is 0 Å². The summed E-state index contributed by atoms with van der Waals surface area (Å²) in [7, 11) is 0. The predicted molar refractivity (Wildman–Crippen MR) is 56.5 cm³/mol. The van der Waals surface area contributed by atoms with Crippen LogP contribution in [0.5, 0.6) is 0 Å². The normalized spacial score (nSPS) is 10.6. The zero-order valence-corrected chi connectivity index (χ0v) is 9.51. The zero-order chi connectivity index (χ0) is 10.9. The highest BCUT2D eigenvalue weighted by Gasteiger charge is 2.19. The molecule has 0 unspecified atom stereocenters. The lowest BCUT2D eigenvalue weighted by molar-refractivity contribution is 0.107. The molecule has 0 aliphatic rings. The summed E-state index contributed by atoms with van der Waals surface area (Å²) in [6, 6.07) is 1.11. The molecule has 0 spiro atoms. The number of nitrogens with zero attached hydrogens (tertiary/aromatic N) is 1. The van der Waals surface area contributed by atoms with Crippen LogP contribution in [-0.2, 0) is 0 Å². The van der Waals surface area contributed by atoms with E-state index >= 15 is 0 Å². The first-order chi connectivity index (χ1) is 6.43. The fourth-order valence-electron chi connectivity index (χ4n) is 0.872. The van der Waals surface area contributed by atoms with E-state index in [2.05, 4.69) is 4.98 Å². The van der Waals surface area contributed by atoms with Crippen molar-refractivity contribution < 1.29 is 13.6 Å². The lowest BCUT2D eigenvalue weighted by Gasteiger charge is -2.07. The molecule has 0 amide bonds. The van der Waals surface area contributed by atoms with Crippen molar-refractivity contribution in [2.24, 2.45) is 0 Å². The molecule has 1 heterocycles. The first kappa shape index (κ1) is 11.6. The number of carbonyl (C=O) groups excluding carboxylic acids is 1. The molecule has 0 radical (unpaired) electrons. The second-order valence-corrected chi connectivity index (χ2v) is 3.82. The summed E-state index contributed by atoms with van der Waals surface area (Å²) in [4.78, 5) is 14.4. The van der Waals surface area contributed by atoms with Crippen molar-refractivity contribution in [2.75, 3.05) is 5.73 Å². The zero-order valence-electron chi connectivity index (χ0n) is 6.60. The van der Waals surface area contributed by atoms with Gasteiger partial charge in [-0.2, -0.15) is 0 Å². The first-order valence-electron chi connectivity index (χ1n) is 3.37. The smallest absolute Gasteiger partial charge is 0.273 e. The molecule has 0 bridgehead atoms. The Balaban J connectivity index is 3.40. The number of aromatic nitrogens is 1. The minimum absolute atomic E-state index is 0.246. The SMILES string of the molecule is Nc1c(C(F)F)cc(I)nc1C(=O)Cl. The van der Waals surface area contributed by atoms with Gasteiger partial charge in [-0.15, -0.1) is 0 Å². The molecule has 0 aliphatic carbocycles. The van der Waals surface area contributed by atoms with Crippen LogP contribution in [0.4, 0.5) is 14.5 Å². The Morgan fingerprint density at radius 3 is 2.64 bits per heavy atom. The monoisotopic (exact) mass is 332 g/mol. The van der Waals surface area contributed by atoms with Crippen molar-refractivity contribution in [1.82, 2.24) is 4.98 Å². The second-order valence-electron chi connectivity index (χ2n) is 2.37. The van der Waals surface area contributed by atoms with Gasteiger partial charge in [-0.25, -0.2) is 13.8 Å². The van der Waals surface area contributed by atoms with Crippen LogP contribution in [0.2, 0.25) is 0 Å². The molecule has 1 aromatic rings. The number of anilines is 1. The van der Waals surface area contributed by atoms with Crippen molar-refractivity contribution in [3.05, 3.63) is 21.0 Å². The third-order valence-electron chi connectivity index (χ3n) is 1.48. The van der Waals surface area contributed by atoms with E-state index < -0.39 is 17.2 Å². The number of nitrogens with two attached hydrogens (primary N) is 1. The van der Waals surface area contributed by atoms with Crippen LogP contribution in [0.25, 0.3) is 0 Å². The van der Waals surface area contributed by atoms with Gasteiger partial charge >= 0.3 is 0 Å². The van der Waals surface area contributed by atoms with Crippen molar-refractivity contribution in [3.8, 4) is 0 Å². The van der Waals surface area contributed by atoms with Gasteiger partial charge in [0, 0.05) is 5.56 Å². The number of rotatable bonds is 2. The van der Waals surface area contributed by atoms with E-state index in [0.717, 1.165) is 6.07 Å². The van der Waals surface area contributed by atoms with Gasteiger partial charge in [0.15, 0.2) is 0 Å². The topological polar surface area (TPSA) is 56.0 Å². The average molecular weight is 332 g/mol. The van der Waals surface area contributed by atoms with Gasteiger partial charge < -0.3 is 5.73 Å². The molecule has 14 heavy (non-hydrogen) atoms. The van der Waals surface area contributed by atoms with Crippen LogP contribution in [-0.4, -0.2) is 10.2 Å². The third-order valence-corrected chi connectivity index (χ3v) is 2.21. The van der Waals surface area contributed by atoms with Crippen LogP contribution in [0, 0.1) is 3.70 Å². The predicted octanol–water partition coefficient (Wildman–Crippen LogP) is 2.59. The van der Waals surface area contributed by atoms with E-state index in [9.17, 15) is 13.6 Å². The van der Waals surface area contributed by atoms with E-state index in [1.807, 2.05) is 0 Å². The Hall–Kier alpha value is -0.500. The number of hydrogen-bond acceptors (Lipinski definition) is 3. The lowest BCUT2D eigenvalue weighted by Crippen LogP contribution is -2.07. The Morgan fingerprint density at radius 1 is 1.64 bits per heavy atom. The van der Waals surface area contributed by atoms with Gasteiger partial charge in [0.2, 0.25) is 0 Å². The van der Waals surface area contributed by atoms with E-state index in [4.69, 9.17) is 17.3 Å². The molecule has 0 saturated heterocycles. The molecule has 0 aliphatic heterocycles. The Bertz CT molecular complexity index is 386. The van der Waals surface area contributed by atoms with Crippen LogP contribution in [0.3, 0.4) is 0 Å². The number of hydrogen-bond donors (Lipinski definition) is 1. The molecule has 76 valence electrons. The number of carbonyl (C=O) groups is 1. The molecule has 1 rings (SSSR count). The van der Waals surface area contributed by atoms with Crippen molar-refractivity contribution >= 4 is 45.1 Å². The molecular formula is C7H4ClF2IN2O. The number of halogens is 4. The molecule has 0 saturated carbocycles. The average Bonchev–Trinajstić information content (AvgIpc) is 2.07. The summed E-state index contributed by atoms with van der Waals surface area (Å²) < 4.78 is 25.0. The van der Waals surface area contributed by atoms with Crippen LogP contribution in [0.1, 0.15) is 22.5 Å². The third kappa shape index (κ3) is 2.30. The number of alkyl halides is 2. The van der Waals surface area contributed by atoms with Gasteiger partial charge in [0.05, 0.1) is 5.69 Å². The summed E-state index contributed by atoms with van der Waals surface area (Å²) in [5.74, 6) is 0. The summed E-state index contributed by atoms with van der Waals surface area (Å²) in [5, 5.41) is -0.942. The van der Waals surface area contributed by atoms with E-state index in [0.29, 0.717) is 0 Å². The van der Waals surface area contributed by atoms with Crippen LogP contribution >= 0.6 is 34.2 Å². The Kier molecular flexibility index (Phi) is 3.59. The molecular weight excluding hydrogens is 328 g/mol. The summed E-state index contributed by atoms with van der Waals surface area (Å²) in [5.41, 5.74) is 4.19. The van der Waals surface area contributed by atoms with Gasteiger partial charge in [-0.3, -0.25) is 4.79 Å². The van der Waals surface area contributed by atoms with Crippen LogP contribution in [0.15, 0.2) is 6.07 Å². The van der Waals surface area contributed by atoms with E-state index in [1.54, 1.807) is 22.6 Å². The quantitative estimate of drug-likeness (QED) is 0.514. The molecule has 2 N–H and O–H groups in total. The maximum Gasteiger partial charge on any atom is 0.273 e. The van der Waals surface area contributed by atoms with Crippen molar-refractivity contribution in [1.29, 1.82) is 0 Å². The molecule has 3 nitrogen and oxygen atoms in total. The fraction of sp³-hybridized carbons (Fsp3) is 0.143. The van der Waals surface area contributed by atoms with E-state index in [1.165, 1.54) is 0 Å². The summed E-state index contributed by atoms with van der Waals surface area (Å²) in [6.45, 7) is 0. The highest BCUT2D eigenvalue weighted by Crippen LogP contribution is 2.28. The van der Waals surface area contributed by atoms with Crippen molar-refractivity contribution in [2.45, 2.75) is 6.43 Å². The molecule has 1 aromatic heterocycles. The number of pyridine rings is 1. The molecule has 0 atom stereocenters. The lowest BCUT2D eigenvalue weighted by atomic mass is 10.2. The number of nitrogen functional groups attached to an aromatic ring is 1. The maximum atomic E-state index is 12.4. The summed E-state index contributed by atoms with van der Waals surface area (Å²) in [6.07, 6.45) is -2.75. The molecule has 0 aromatic carbocycles. The Labute approximate surface area is 96.8 Å². The van der Waals surface area contributed by atoms with Gasteiger partial charge in [-0.05, 0) is 40.3 Å². The first-order valence-corrected chi connectivity index (χ1v) is 4.83. The molecule has 0 fully saturated rings. The van der Waals surface area contributed by atoms with E-state index in [-0.39, 0.29) is 15.1 Å². The minimum Gasteiger partial charge on any atom is -0.396 e. The van der Waals surface area contributed by atoms with Crippen molar-refractivity contribution in [3.63, 3.8) is 0 Å². The fourth-order valence-corrected chi connectivity index (χ4v) is 1.59. The largest absolute Gasteiger partial charge is 0.396 e. The van der Waals surface area contributed by atoms with Crippen LogP contribution < -0.4 is 5.73 Å². The molecule has 7 heteroatoms. The minimum atomic E-state index is -2.75. The van der Waals surface area contributed by atoms with Gasteiger partial charge in [0.25, 0.3) is 11.7 Å².